The van der Waals surface area contributed by atoms with E-state index in [0.29, 0.717) is 18.0 Å². The van der Waals surface area contributed by atoms with Crippen LogP contribution in [0.5, 0.6) is 0 Å². The summed E-state index contributed by atoms with van der Waals surface area (Å²) in [6.45, 7) is 7.73. The van der Waals surface area contributed by atoms with Crippen molar-refractivity contribution in [2.24, 2.45) is 0 Å². The first-order chi connectivity index (χ1) is 16.9. The number of carbonyl (C=O) groups is 2. The van der Waals surface area contributed by atoms with Crippen molar-refractivity contribution >= 4 is 45.2 Å². The summed E-state index contributed by atoms with van der Waals surface area (Å²) in [5.74, 6) is 0.279. The lowest BCUT2D eigenvalue weighted by molar-refractivity contribution is -0.117. The summed E-state index contributed by atoms with van der Waals surface area (Å²) < 4.78 is 0. The second-order valence-corrected chi connectivity index (χ2v) is 12.4. The van der Waals surface area contributed by atoms with Crippen molar-refractivity contribution in [1.29, 1.82) is 0 Å². The molecular formula is C26H29N5O2S2. The molecule has 0 bridgehead atoms. The van der Waals surface area contributed by atoms with Gasteiger partial charge in [-0.15, -0.1) is 22.7 Å². The number of rotatable bonds is 5. The molecule has 5 heterocycles. The number of nitrogens with zero attached hydrogens (tertiary/aromatic N) is 2. The SMILES string of the molecule is CC1(C)CNc2cc(-c3cnc(C4CN(C(=O)c5ccc(NC(=O)[C@@H]6CCCN6)s5)C4)s3)ccc21. The number of likely N-dealkylation sites (tertiary alicyclic amines) is 1. The third kappa shape index (κ3) is 4.26. The molecule has 2 amide bonds. The summed E-state index contributed by atoms with van der Waals surface area (Å²) >= 11 is 3.06. The molecular weight excluding hydrogens is 478 g/mol. The summed E-state index contributed by atoms with van der Waals surface area (Å²) in [4.78, 5) is 33.6. The number of carbonyl (C=O) groups excluding carboxylic acids is 2. The van der Waals surface area contributed by atoms with Crippen molar-refractivity contribution in [3.63, 3.8) is 0 Å². The lowest BCUT2D eigenvalue weighted by Gasteiger charge is -2.37. The fourth-order valence-corrected chi connectivity index (χ4v) is 6.92. The average Bonchev–Trinajstić information content (AvgIpc) is 3.60. The fourth-order valence-electron chi connectivity index (χ4n) is 5.05. The fraction of sp³-hybridized carbons (Fsp3) is 0.423. The van der Waals surface area contributed by atoms with Crippen LogP contribution in [-0.2, 0) is 10.2 Å². The number of fused-ring (bicyclic) bond motifs is 1. The minimum Gasteiger partial charge on any atom is -0.384 e. The van der Waals surface area contributed by atoms with Gasteiger partial charge in [-0.2, -0.15) is 0 Å². The Labute approximate surface area is 213 Å². The highest BCUT2D eigenvalue weighted by atomic mass is 32.1. The van der Waals surface area contributed by atoms with Crippen LogP contribution in [0.15, 0.2) is 36.5 Å². The zero-order valence-electron chi connectivity index (χ0n) is 19.9. The second kappa shape index (κ2) is 8.72. The number of hydrogen-bond donors (Lipinski definition) is 3. The summed E-state index contributed by atoms with van der Waals surface area (Å²) in [7, 11) is 0. The van der Waals surface area contributed by atoms with Gasteiger partial charge >= 0.3 is 0 Å². The quantitative estimate of drug-likeness (QED) is 0.473. The molecule has 3 N–H and O–H groups in total. The van der Waals surface area contributed by atoms with Gasteiger partial charge in [-0.05, 0) is 48.7 Å². The maximum Gasteiger partial charge on any atom is 0.264 e. The van der Waals surface area contributed by atoms with E-state index in [1.807, 2.05) is 23.2 Å². The van der Waals surface area contributed by atoms with Crippen LogP contribution in [0.3, 0.4) is 0 Å². The van der Waals surface area contributed by atoms with E-state index in [0.717, 1.165) is 40.8 Å². The summed E-state index contributed by atoms with van der Waals surface area (Å²) in [5.41, 5.74) is 3.93. The van der Waals surface area contributed by atoms with Crippen LogP contribution in [0.4, 0.5) is 10.7 Å². The number of benzene rings is 1. The minimum atomic E-state index is -0.129. The molecule has 3 aliphatic heterocycles. The van der Waals surface area contributed by atoms with Crippen molar-refractivity contribution in [2.75, 3.05) is 36.8 Å². The number of nitrogens with one attached hydrogen (secondary N) is 3. The van der Waals surface area contributed by atoms with E-state index in [4.69, 9.17) is 0 Å². The van der Waals surface area contributed by atoms with Gasteiger partial charge in [0.1, 0.15) is 0 Å². The van der Waals surface area contributed by atoms with Gasteiger partial charge in [-0.1, -0.05) is 26.0 Å². The van der Waals surface area contributed by atoms with Gasteiger partial charge in [-0.25, -0.2) is 4.98 Å². The predicted molar refractivity (Wildman–Crippen MR) is 142 cm³/mol. The number of hydrogen-bond acceptors (Lipinski definition) is 7. The van der Waals surface area contributed by atoms with E-state index < -0.39 is 0 Å². The molecule has 0 spiro atoms. The molecule has 2 aromatic heterocycles. The zero-order valence-corrected chi connectivity index (χ0v) is 21.5. The van der Waals surface area contributed by atoms with Crippen molar-refractivity contribution in [1.82, 2.24) is 15.2 Å². The van der Waals surface area contributed by atoms with Gasteiger partial charge in [0.2, 0.25) is 5.91 Å². The summed E-state index contributed by atoms with van der Waals surface area (Å²) in [5, 5.41) is 11.5. The molecule has 1 atom stereocenters. The maximum atomic E-state index is 12.9. The van der Waals surface area contributed by atoms with Crippen LogP contribution >= 0.6 is 22.7 Å². The number of thiazole rings is 1. The lowest BCUT2D eigenvalue weighted by Crippen LogP contribution is -2.48. The Balaban J connectivity index is 1.06. The van der Waals surface area contributed by atoms with E-state index in [2.05, 4.69) is 53.0 Å². The van der Waals surface area contributed by atoms with Crippen LogP contribution < -0.4 is 16.0 Å². The predicted octanol–water partition coefficient (Wildman–Crippen LogP) is 4.50. The van der Waals surface area contributed by atoms with Gasteiger partial charge in [0, 0.05) is 42.9 Å². The first-order valence-electron chi connectivity index (χ1n) is 12.2. The molecule has 7 nitrogen and oxygen atoms in total. The Morgan fingerprint density at radius 3 is 2.83 bits per heavy atom. The molecule has 6 rings (SSSR count). The molecule has 2 fully saturated rings. The van der Waals surface area contributed by atoms with Gasteiger partial charge in [-0.3, -0.25) is 9.59 Å². The summed E-state index contributed by atoms with van der Waals surface area (Å²) in [6.07, 6.45) is 3.84. The van der Waals surface area contributed by atoms with E-state index >= 15 is 0 Å². The highest BCUT2D eigenvalue weighted by Crippen LogP contribution is 2.41. The van der Waals surface area contributed by atoms with Crippen LogP contribution in [0.1, 0.15) is 52.8 Å². The highest BCUT2D eigenvalue weighted by Gasteiger charge is 2.35. The van der Waals surface area contributed by atoms with E-state index in [9.17, 15) is 9.59 Å². The Hall–Kier alpha value is -2.75. The lowest BCUT2D eigenvalue weighted by atomic mass is 9.86. The molecule has 2 saturated heterocycles. The van der Waals surface area contributed by atoms with Crippen LogP contribution in [0.2, 0.25) is 0 Å². The van der Waals surface area contributed by atoms with E-state index in [-0.39, 0.29) is 29.2 Å². The molecule has 9 heteroatoms. The highest BCUT2D eigenvalue weighted by molar-refractivity contribution is 7.18. The molecule has 182 valence electrons. The molecule has 3 aromatic rings. The summed E-state index contributed by atoms with van der Waals surface area (Å²) in [6, 6.07) is 10.2. The average molecular weight is 508 g/mol. The Kier molecular flexibility index (Phi) is 5.66. The topological polar surface area (TPSA) is 86.4 Å². The third-order valence-corrected chi connectivity index (χ3v) is 9.43. The maximum absolute atomic E-state index is 12.9. The Bertz CT molecular complexity index is 1280. The Morgan fingerprint density at radius 1 is 1.17 bits per heavy atom. The van der Waals surface area contributed by atoms with Crippen LogP contribution in [0.25, 0.3) is 10.4 Å². The first kappa shape index (κ1) is 22.7. The molecule has 0 unspecified atom stereocenters. The first-order valence-corrected chi connectivity index (χ1v) is 13.8. The van der Waals surface area contributed by atoms with Crippen molar-refractivity contribution in [3.05, 3.63) is 52.0 Å². The minimum absolute atomic E-state index is 0.0187. The van der Waals surface area contributed by atoms with Crippen LogP contribution in [-0.4, -0.2) is 53.9 Å². The number of amides is 2. The van der Waals surface area contributed by atoms with Crippen molar-refractivity contribution in [3.8, 4) is 10.4 Å². The molecule has 1 aromatic carbocycles. The second-order valence-electron chi connectivity index (χ2n) is 10.3. The van der Waals surface area contributed by atoms with Gasteiger partial charge in [0.25, 0.3) is 5.91 Å². The number of aromatic nitrogens is 1. The molecule has 35 heavy (non-hydrogen) atoms. The van der Waals surface area contributed by atoms with Crippen molar-refractivity contribution < 1.29 is 9.59 Å². The largest absolute Gasteiger partial charge is 0.384 e. The normalized spacial score (nSPS) is 20.9. The third-order valence-electron chi connectivity index (χ3n) is 7.24. The van der Waals surface area contributed by atoms with Crippen molar-refractivity contribution in [2.45, 2.75) is 44.1 Å². The van der Waals surface area contributed by atoms with E-state index in [1.165, 1.54) is 28.2 Å². The molecule has 0 radical (unpaired) electrons. The van der Waals surface area contributed by atoms with E-state index in [1.54, 1.807) is 11.3 Å². The monoisotopic (exact) mass is 507 g/mol. The number of thiophene rings is 1. The van der Waals surface area contributed by atoms with Gasteiger partial charge < -0.3 is 20.9 Å². The Morgan fingerprint density at radius 2 is 2.03 bits per heavy atom. The molecule has 0 aliphatic carbocycles. The zero-order chi connectivity index (χ0) is 24.2. The molecule has 3 aliphatic rings. The van der Waals surface area contributed by atoms with Gasteiger partial charge in [0.15, 0.2) is 0 Å². The number of anilines is 2. The smallest absolute Gasteiger partial charge is 0.264 e. The van der Waals surface area contributed by atoms with Gasteiger partial charge in [0.05, 0.1) is 25.8 Å². The standard InChI is InChI=1S/C26H29N5O2S2/c1-26(2)14-29-19-10-15(5-6-17(19)26)21-11-28-24(35-21)16-12-31(13-16)25(33)20-7-8-22(34-20)30-23(32)18-4-3-9-27-18/h5-8,10-11,16,18,27,29H,3-4,9,12-14H2,1-2H3,(H,30,32)/t18-/m0/s1. The molecule has 0 saturated carbocycles. The van der Waals surface area contributed by atoms with Crippen LogP contribution in [0, 0.1) is 0 Å².